The van der Waals surface area contributed by atoms with Crippen molar-refractivity contribution in [1.29, 1.82) is 0 Å². The number of rotatable bonds is 9. The van der Waals surface area contributed by atoms with Crippen molar-refractivity contribution in [2.45, 2.75) is 19.8 Å². The van der Waals surface area contributed by atoms with Crippen LogP contribution in [0, 0.1) is 0 Å². The van der Waals surface area contributed by atoms with Gasteiger partial charge in [0.2, 0.25) is 0 Å². The summed E-state index contributed by atoms with van der Waals surface area (Å²) in [4.78, 5) is 2.36. The van der Waals surface area contributed by atoms with Gasteiger partial charge in [0.15, 0.2) is 0 Å². The summed E-state index contributed by atoms with van der Waals surface area (Å²) in [6.07, 6.45) is 2.44. The van der Waals surface area contributed by atoms with Crippen molar-refractivity contribution in [2.75, 3.05) is 32.8 Å². The van der Waals surface area contributed by atoms with Crippen molar-refractivity contribution in [3.8, 4) is 5.75 Å². The number of unbranched alkanes of at least 4 members (excludes halogenated alkanes) is 1. The molecule has 3 nitrogen and oxygen atoms in total. The summed E-state index contributed by atoms with van der Waals surface area (Å²) in [7, 11) is 0. The van der Waals surface area contributed by atoms with Gasteiger partial charge in [0.25, 0.3) is 0 Å². The monoisotopic (exact) mass is 314 g/mol. The van der Waals surface area contributed by atoms with Crippen LogP contribution in [0.15, 0.2) is 28.7 Å². The molecule has 0 amide bonds. The summed E-state index contributed by atoms with van der Waals surface area (Å²) < 4.78 is 6.79. The second-order valence-electron chi connectivity index (χ2n) is 4.29. The maximum Gasteiger partial charge on any atom is 0.119 e. The first-order valence-electron chi connectivity index (χ1n) is 6.57. The zero-order valence-corrected chi connectivity index (χ0v) is 12.7. The highest BCUT2D eigenvalue weighted by atomic mass is 79.9. The van der Waals surface area contributed by atoms with Crippen LogP contribution in [0.5, 0.6) is 5.75 Å². The molecule has 2 N–H and O–H groups in total. The van der Waals surface area contributed by atoms with Gasteiger partial charge < -0.3 is 10.5 Å². The summed E-state index contributed by atoms with van der Waals surface area (Å²) >= 11 is 3.41. The highest BCUT2D eigenvalue weighted by molar-refractivity contribution is 9.10. The zero-order chi connectivity index (χ0) is 13.2. The predicted molar refractivity (Wildman–Crippen MR) is 80.0 cm³/mol. The Bertz CT molecular complexity index is 316. The van der Waals surface area contributed by atoms with Crippen LogP contribution in [0.25, 0.3) is 0 Å². The maximum atomic E-state index is 5.71. The van der Waals surface area contributed by atoms with Gasteiger partial charge in [-0.1, -0.05) is 29.3 Å². The van der Waals surface area contributed by atoms with Gasteiger partial charge >= 0.3 is 0 Å². The molecule has 0 aliphatic heterocycles. The fraction of sp³-hybridized carbons (Fsp3) is 0.571. The molecular formula is C14H23BrN2O. The van der Waals surface area contributed by atoms with E-state index in [1.807, 2.05) is 24.3 Å². The largest absolute Gasteiger partial charge is 0.492 e. The van der Waals surface area contributed by atoms with Gasteiger partial charge in [-0.25, -0.2) is 0 Å². The van der Waals surface area contributed by atoms with Gasteiger partial charge in [0.05, 0.1) is 0 Å². The van der Waals surface area contributed by atoms with Crippen LogP contribution in [0.3, 0.4) is 0 Å². The van der Waals surface area contributed by atoms with Crippen molar-refractivity contribution < 1.29 is 4.74 Å². The summed E-state index contributed by atoms with van der Waals surface area (Å²) in [6, 6.07) is 7.93. The molecule has 1 aromatic rings. The van der Waals surface area contributed by atoms with Crippen LogP contribution in [-0.2, 0) is 0 Å². The molecule has 0 heterocycles. The molecule has 102 valence electrons. The third-order valence-electron chi connectivity index (χ3n) is 2.76. The van der Waals surface area contributed by atoms with Crippen molar-refractivity contribution in [3.05, 3.63) is 28.7 Å². The summed E-state index contributed by atoms with van der Waals surface area (Å²) in [6.45, 7) is 6.63. The Kier molecular flexibility index (Phi) is 8.05. The highest BCUT2D eigenvalue weighted by Gasteiger charge is 2.03. The van der Waals surface area contributed by atoms with Gasteiger partial charge in [-0.05, 0) is 37.2 Å². The lowest BCUT2D eigenvalue weighted by atomic mass is 10.3. The third kappa shape index (κ3) is 6.38. The van der Waals surface area contributed by atoms with E-state index in [2.05, 4.69) is 27.8 Å². The zero-order valence-electron chi connectivity index (χ0n) is 11.1. The first-order valence-corrected chi connectivity index (χ1v) is 7.36. The smallest absolute Gasteiger partial charge is 0.119 e. The first-order chi connectivity index (χ1) is 8.76. The van der Waals surface area contributed by atoms with E-state index in [1.165, 1.54) is 12.8 Å². The fourth-order valence-electron chi connectivity index (χ4n) is 1.72. The molecule has 0 aliphatic rings. The molecule has 0 saturated heterocycles. The van der Waals surface area contributed by atoms with Crippen LogP contribution < -0.4 is 10.5 Å². The number of nitrogens with zero attached hydrogens (tertiary/aromatic N) is 1. The minimum Gasteiger partial charge on any atom is -0.492 e. The van der Waals surface area contributed by atoms with Crippen molar-refractivity contribution >= 4 is 15.9 Å². The SMILES string of the molecule is CCCCN(CCN)CCOc1ccc(Br)cc1. The Morgan fingerprint density at radius 3 is 2.50 bits per heavy atom. The van der Waals surface area contributed by atoms with Crippen LogP contribution in [0.2, 0.25) is 0 Å². The lowest BCUT2D eigenvalue weighted by Gasteiger charge is -2.21. The summed E-state index contributed by atoms with van der Waals surface area (Å²) in [5, 5.41) is 0. The molecule has 1 rings (SSSR count). The molecule has 4 heteroatoms. The Morgan fingerprint density at radius 1 is 1.17 bits per heavy atom. The van der Waals surface area contributed by atoms with Crippen molar-refractivity contribution in [1.82, 2.24) is 4.90 Å². The van der Waals surface area contributed by atoms with E-state index >= 15 is 0 Å². The van der Waals surface area contributed by atoms with Crippen molar-refractivity contribution in [3.63, 3.8) is 0 Å². The molecule has 0 saturated carbocycles. The quantitative estimate of drug-likeness (QED) is 0.761. The van der Waals surface area contributed by atoms with Gasteiger partial charge in [-0.3, -0.25) is 4.90 Å². The van der Waals surface area contributed by atoms with E-state index in [4.69, 9.17) is 10.5 Å². The molecule has 0 spiro atoms. The lowest BCUT2D eigenvalue weighted by Crippen LogP contribution is -2.33. The maximum absolute atomic E-state index is 5.71. The Morgan fingerprint density at radius 2 is 1.89 bits per heavy atom. The Balaban J connectivity index is 2.26. The molecule has 1 aromatic carbocycles. The van der Waals surface area contributed by atoms with Gasteiger partial charge in [-0.15, -0.1) is 0 Å². The number of halogens is 1. The van der Waals surface area contributed by atoms with E-state index in [1.54, 1.807) is 0 Å². The average Bonchev–Trinajstić information content (AvgIpc) is 2.38. The summed E-state index contributed by atoms with van der Waals surface area (Å²) in [5.74, 6) is 0.918. The van der Waals surface area contributed by atoms with E-state index in [-0.39, 0.29) is 0 Å². The second-order valence-corrected chi connectivity index (χ2v) is 5.20. The predicted octanol–water partition coefficient (Wildman–Crippen LogP) is 2.89. The van der Waals surface area contributed by atoms with E-state index in [0.29, 0.717) is 13.2 Å². The van der Waals surface area contributed by atoms with Crippen LogP contribution in [0.4, 0.5) is 0 Å². The molecule has 0 unspecified atom stereocenters. The number of benzene rings is 1. The number of hydrogen-bond acceptors (Lipinski definition) is 3. The molecule has 0 atom stereocenters. The van der Waals surface area contributed by atoms with Gasteiger partial charge in [0, 0.05) is 24.1 Å². The minimum absolute atomic E-state index is 0.710. The topological polar surface area (TPSA) is 38.5 Å². The normalized spacial score (nSPS) is 10.9. The van der Waals surface area contributed by atoms with Crippen LogP contribution in [0.1, 0.15) is 19.8 Å². The molecule has 0 bridgehead atoms. The van der Waals surface area contributed by atoms with E-state index < -0.39 is 0 Å². The number of hydrogen-bond donors (Lipinski definition) is 1. The van der Waals surface area contributed by atoms with Gasteiger partial charge in [0.1, 0.15) is 12.4 Å². The van der Waals surface area contributed by atoms with Gasteiger partial charge in [-0.2, -0.15) is 0 Å². The summed E-state index contributed by atoms with van der Waals surface area (Å²) in [5.41, 5.74) is 5.61. The van der Waals surface area contributed by atoms with Crippen molar-refractivity contribution in [2.24, 2.45) is 5.73 Å². The first kappa shape index (κ1) is 15.5. The molecule has 0 radical (unpaired) electrons. The molecule has 0 aliphatic carbocycles. The molecule has 0 aromatic heterocycles. The average molecular weight is 315 g/mol. The fourth-order valence-corrected chi connectivity index (χ4v) is 1.99. The molecule has 0 fully saturated rings. The van der Waals surface area contributed by atoms with E-state index in [9.17, 15) is 0 Å². The number of nitrogens with two attached hydrogens (primary N) is 1. The Hall–Kier alpha value is -0.580. The number of ether oxygens (including phenoxy) is 1. The lowest BCUT2D eigenvalue weighted by molar-refractivity contribution is 0.210. The van der Waals surface area contributed by atoms with Crippen LogP contribution >= 0.6 is 15.9 Å². The highest BCUT2D eigenvalue weighted by Crippen LogP contribution is 2.15. The minimum atomic E-state index is 0.710. The standard InChI is InChI=1S/C14H23BrN2O/c1-2-3-9-17(10-8-16)11-12-18-14-6-4-13(15)5-7-14/h4-7H,2-3,8-12,16H2,1H3. The van der Waals surface area contributed by atoms with Crippen LogP contribution in [-0.4, -0.2) is 37.7 Å². The van der Waals surface area contributed by atoms with E-state index in [0.717, 1.165) is 29.9 Å². The Labute approximate surface area is 118 Å². The molecule has 18 heavy (non-hydrogen) atoms. The second kappa shape index (κ2) is 9.36. The molecular weight excluding hydrogens is 292 g/mol. The third-order valence-corrected chi connectivity index (χ3v) is 3.29.